The number of hydrogen-bond donors (Lipinski definition) is 1. The van der Waals surface area contributed by atoms with Crippen molar-refractivity contribution in [2.24, 2.45) is 0 Å². The number of nitrogens with one attached hydrogen (secondary N) is 1. The van der Waals surface area contributed by atoms with Gasteiger partial charge in [-0.15, -0.1) is 0 Å². The Kier molecular flexibility index (Phi) is 5.34. The van der Waals surface area contributed by atoms with Gasteiger partial charge in [0.25, 0.3) is 0 Å². The number of aryl methyl sites for hydroxylation is 1. The highest BCUT2D eigenvalue weighted by Gasteiger charge is 2.16. The fourth-order valence-corrected chi connectivity index (χ4v) is 2.43. The minimum atomic E-state index is 0.138. The van der Waals surface area contributed by atoms with Crippen LogP contribution < -0.4 is 10.1 Å². The van der Waals surface area contributed by atoms with Crippen molar-refractivity contribution in [1.82, 2.24) is 10.3 Å². The van der Waals surface area contributed by atoms with Gasteiger partial charge in [-0.25, -0.2) is 0 Å². The molecule has 0 aliphatic carbocycles. The number of ether oxygens (including phenoxy) is 1. The molecule has 1 N–H and O–H groups in total. The van der Waals surface area contributed by atoms with Crippen LogP contribution in [0.1, 0.15) is 43.5 Å². The number of nitrogens with zero attached hydrogens (tertiary/aromatic N) is 1. The molecule has 0 saturated heterocycles. The van der Waals surface area contributed by atoms with Crippen molar-refractivity contribution in [3.8, 4) is 5.75 Å². The van der Waals surface area contributed by atoms with Gasteiger partial charge in [0.2, 0.25) is 0 Å². The highest BCUT2D eigenvalue weighted by molar-refractivity contribution is 5.38. The van der Waals surface area contributed by atoms with Crippen LogP contribution in [-0.4, -0.2) is 17.6 Å². The van der Waals surface area contributed by atoms with E-state index >= 15 is 0 Å². The first-order valence-corrected chi connectivity index (χ1v) is 7.52. The second kappa shape index (κ2) is 7.23. The number of aromatic nitrogens is 1. The minimum Gasteiger partial charge on any atom is -0.491 e. The fraction of sp³-hybridized carbons (Fsp3) is 0.389. The molecule has 0 fully saturated rings. The summed E-state index contributed by atoms with van der Waals surface area (Å²) in [5, 5.41) is 3.54. The molecule has 0 spiro atoms. The first-order valence-electron chi connectivity index (χ1n) is 7.52. The third-order valence-corrected chi connectivity index (χ3v) is 3.36. The highest BCUT2D eigenvalue weighted by Crippen LogP contribution is 2.27. The van der Waals surface area contributed by atoms with Crippen LogP contribution in [0.25, 0.3) is 0 Å². The van der Waals surface area contributed by atoms with E-state index in [2.05, 4.69) is 36.3 Å². The highest BCUT2D eigenvalue weighted by atomic mass is 16.5. The number of hydrogen-bond acceptors (Lipinski definition) is 3. The van der Waals surface area contributed by atoms with Crippen LogP contribution in [0.15, 0.2) is 42.7 Å². The van der Waals surface area contributed by atoms with Crippen LogP contribution in [0.2, 0.25) is 0 Å². The Morgan fingerprint density at radius 1 is 1.24 bits per heavy atom. The molecule has 0 aliphatic rings. The summed E-state index contributed by atoms with van der Waals surface area (Å²) in [6, 6.07) is 10.5. The molecule has 1 unspecified atom stereocenters. The Hall–Kier alpha value is -1.87. The molecule has 1 heterocycles. The van der Waals surface area contributed by atoms with Gasteiger partial charge in [-0.05, 0) is 62.2 Å². The lowest BCUT2D eigenvalue weighted by molar-refractivity contribution is 0.242. The third kappa shape index (κ3) is 4.05. The van der Waals surface area contributed by atoms with Gasteiger partial charge >= 0.3 is 0 Å². The van der Waals surface area contributed by atoms with Gasteiger partial charge in [0.15, 0.2) is 0 Å². The molecule has 1 aromatic heterocycles. The molecule has 1 aromatic carbocycles. The molecule has 2 rings (SSSR count). The smallest absolute Gasteiger partial charge is 0.120 e. The molecule has 21 heavy (non-hydrogen) atoms. The molecule has 0 bridgehead atoms. The molecule has 2 aromatic rings. The van der Waals surface area contributed by atoms with E-state index in [-0.39, 0.29) is 12.1 Å². The Morgan fingerprint density at radius 2 is 2.05 bits per heavy atom. The third-order valence-electron chi connectivity index (χ3n) is 3.36. The van der Waals surface area contributed by atoms with Crippen molar-refractivity contribution in [2.75, 3.05) is 6.54 Å². The molecule has 3 nitrogen and oxygen atoms in total. The van der Waals surface area contributed by atoms with Crippen molar-refractivity contribution < 1.29 is 4.74 Å². The van der Waals surface area contributed by atoms with E-state index in [4.69, 9.17) is 4.74 Å². The summed E-state index contributed by atoms with van der Waals surface area (Å²) in [5.41, 5.74) is 3.65. The van der Waals surface area contributed by atoms with Gasteiger partial charge in [-0.1, -0.05) is 19.1 Å². The van der Waals surface area contributed by atoms with Crippen molar-refractivity contribution >= 4 is 0 Å². The van der Waals surface area contributed by atoms with E-state index in [1.165, 1.54) is 16.7 Å². The van der Waals surface area contributed by atoms with Crippen LogP contribution in [0.5, 0.6) is 5.75 Å². The standard InChI is InChI=1S/C18H24N2O/c1-5-20-18(17-12-19-10-9-14(17)4)15-7-6-8-16(11-15)21-13(2)3/h6-13,18,20H,5H2,1-4H3. The minimum absolute atomic E-state index is 0.138. The lowest BCUT2D eigenvalue weighted by atomic mass is 9.96. The SMILES string of the molecule is CCNC(c1cccc(OC(C)C)c1)c1cnccc1C. The van der Waals surface area contributed by atoms with E-state index < -0.39 is 0 Å². The van der Waals surface area contributed by atoms with Crippen LogP contribution in [0.3, 0.4) is 0 Å². The van der Waals surface area contributed by atoms with Gasteiger partial charge in [-0.3, -0.25) is 4.98 Å². The maximum Gasteiger partial charge on any atom is 0.120 e. The van der Waals surface area contributed by atoms with E-state index in [9.17, 15) is 0 Å². The van der Waals surface area contributed by atoms with Crippen LogP contribution in [0, 0.1) is 6.92 Å². The fourth-order valence-electron chi connectivity index (χ4n) is 2.43. The van der Waals surface area contributed by atoms with E-state index in [0.29, 0.717) is 0 Å². The molecule has 0 radical (unpaired) electrons. The Morgan fingerprint density at radius 3 is 2.71 bits per heavy atom. The van der Waals surface area contributed by atoms with E-state index in [1.807, 2.05) is 44.4 Å². The van der Waals surface area contributed by atoms with Gasteiger partial charge in [-0.2, -0.15) is 0 Å². The van der Waals surface area contributed by atoms with Crippen LogP contribution >= 0.6 is 0 Å². The summed E-state index contributed by atoms with van der Waals surface area (Å²) in [5.74, 6) is 0.909. The zero-order valence-electron chi connectivity index (χ0n) is 13.3. The molecule has 0 amide bonds. The summed E-state index contributed by atoms with van der Waals surface area (Å²) in [6.45, 7) is 9.22. The molecule has 1 atom stereocenters. The van der Waals surface area contributed by atoms with Gasteiger partial charge in [0, 0.05) is 12.4 Å². The summed E-state index contributed by atoms with van der Waals surface area (Å²) >= 11 is 0. The molecular weight excluding hydrogens is 260 g/mol. The molecule has 0 saturated carbocycles. The predicted octanol–water partition coefficient (Wildman–Crippen LogP) is 3.88. The molecule has 0 aliphatic heterocycles. The summed E-state index contributed by atoms with van der Waals surface area (Å²) in [6.07, 6.45) is 3.96. The monoisotopic (exact) mass is 284 g/mol. The lowest BCUT2D eigenvalue weighted by Gasteiger charge is -2.21. The zero-order chi connectivity index (χ0) is 15.2. The summed E-state index contributed by atoms with van der Waals surface area (Å²) in [7, 11) is 0. The van der Waals surface area contributed by atoms with Crippen molar-refractivity contribution in [2.45, 2.75) is 39.8 Å². The second-order valence-corrected chi connectivity index (χ2v) is 5.46. The van der Waals surface area contributed by atoms with Gasteiger partial charge < -0.3 is 10.1 Å². The summed E-state index contributed by atoms with van der Waals surface area (Å²) < 4.78 is 5.81. The maximum absolute atomic E-state index is 5.81. The predicted molar refractivity (Wildman–Crippen MR) is 86.7 cm³/mol. The average molecular weight is 284 g/mol. The zero-order valence-corrected chi connectivity index (χ0v) is 13.3. The maximum atomic E-state index is 5.81. The number of benzene rings is 1. The van der Waals surface area contributed by atoms with Crippen LogP contribution in [-0.2, 0) is 0 Å². The summed E-state index contributed by atoms with van der Waals surface area (Å²) in [4.78, 5) is 4.27. The van der Waals surface area contributed by atoms with Crippen molar-refractivity contribution in [1.29, 1.82) is 0 Å². The van der Waals surface area contributed by atoms with E-state index in [1.54, 1.807) is 0 Å². The first-order chi connectivity index (χ1) is 10.1. The molecule has 112 valence electrons. The van der Waals surface area contributed by atoms with Gasteiger partial charge in [0.05, 0.1) is 12.1 Å². The Bertz CT molecular complexity index is 581. The van der Waals surface area contributed by atoms with Gasteiger partial charge in [0.1, 0.15) is 5.75 Å². The quantitative estimate of drug-likeness (QED) is 0.874. The Balaban J connectivity index is 2.36. The van der Waals surface area contributed by atoms with Crippen molar-refractivity contribution in [3.63, 3.8) is 0 Å². The number of rotatable bonds is 6. The largest absolute Gasteiger partial charge is 0.491 e. The Labute approximate surface area is 127 Å². The lowest BCUT2D eigenvalue weighted by Crippen LogP contribution is -2.23. The normalized spacial score (nSPS) is 12.4. The number of pyridine rings is 1. The molecular formula is C18H24N2O. The first kappa shape index (κ1) is 15.5. The topological polar surface area (TPSA) is 34.1 Å². The molecule has 3 heteroatoms. The average Bonchev–Trinajstić information content (AvgIpc) is 2.45. The van der Waals surface area contributed by atoms with E-state index in [0.717, 1.165) is 12.3 Å². The van der Waals surface area contributed by atoms with Crippen LogP contribution in [0.4, 0.5) is 0 Å². The van der Waals surface area contributed by atoms with Crippen molar-refractivity contribution in [3.05, 3.63) is 59.4 Å². The second-order valence-electron chi connectivity index (χ2n) is 5.46.